The fraction of sp³-hybridized carbons (Fsp3) is 0.417. The first-order valence-electron chi connectivity index (χ1n) is 5.71. The van der Waals surface area contributed by atoms with Crippen LogP contribution in [0.25, 0.3) is 0 Å². The molecule has 1 heterocycles. The third-order valence-corrected chi connectivity index (χ3v) is 4.92. The molecule has 0 aliphatic carbocycles. The predicted molar refractivity (Wildman–Crippen MR) is 62.5 cm³/mol. The van der Waals surface area contributed by atoms with Crippen molar-refractivity contribution in [3.8, 4) is 0 Å². The fourth-order valence-corrected chi connectivity index (χ4v) is 3.93. The van der Waals surface area contributed by atoms with Gasteiger partial charge in [-0.15, -0.1) is 0 Å². The van der Waals surface area contributed by atoms with Gasteiger partial charge in [0.25, 0.3) is 0 Å². The number of halogens is 4. The maximum absolute atomic E-state index is 12.9. The van der Waals surface area contributed by atoms with E-state index >= 15 is 0 Å². The van der Waals surface area contributed by atoms with E-state index in [1.807, 2.05) is 0 Å². The summed E-state index contributed by atoms with van der Waals surface area (Å²) in [7, 11) is -3.38. The number of Topliss-reactive ketones (excluding diaryl/α,β-unsaturated/α-hetero) is 1. The van der Waals surface area contributed by atoms with Gasteiger partial charge in [0.2, 0.25) is 0 Å². The molecule has 0 spiro atoms. The molecule has 1 unspecified atom stereocenters. The van der Waals surface area contributed by atoms with Crippen LogP contribution < -0.4 is 0 Å². The summed E-state index contributed by atoms with van der Waals surface area (Å²) in [6.07, 6.45) is -4.87. The standard InChI is InChI=1S/C12H10F4O3S/c13-8-1-2-9(10(5-8)12(14,15)16)11(17)7-3-4-20(18,19)6-7/h1-2,5,7H,3-4,6H2. The third kappa shape index (κ3) is 3.00. The van der Waals surface area contributed by atoms with E-state index in [0.29, 0.717) is 0 Å². The number of benzene rings is 1. The van der Waals surface area contributed by atoms with E-state index in [9.17, 15) is 30.8 Å². The minimum atomic E-state index is -4.87. The normalized spacial score (nSPS) is 21.9. The van der Waals surface area contributed by atoms with Gasteiger partial charge in [0.15, 0.2) is 15.6 Å². The molecule has 3 nitrogen and oxygen atoms in total. The minimum absolute atomic E-state index is 0.00413. The molecule has 20 heavy (non-hydrogen) atoms. The van der Waals surface area contributed by atoms with Crippen LogP contribution in [-0.4, -0.2) is 25.7 Å². The first kappa shape index (κ1) is 15.0. The lowest BCUT2D eigenvalue weighted by atomic mass is 9.93. The Labute approximate surface area is 112 Å². The highest BCUT2D eigenvalue weighted by Gasteiger charge is 2.39. The second-order valence-corrected chi connectivity index (χ2v) is 6.88. The van der Waals surface area contributed by atoms with E-state index in [0.717, 1.165) is 12.1 Å². The number of sulfone groups is 1. The van der Waals surface area contributed by atoms with Gasteiger partial charge in [-0.3, -0.25) is 4.79 Å². The zero-order chi connectivity index (χ0) is 15.1. The highest BCUT2D eigenvalue weighted by atomic mass is 32.2. The molecule has 0 radical (unpaired) electrons. The quantitative estimate of drug-likeness (QED) is 0.623. The number of ketones is 1. The molecule has 1 fully saturated rings. The summed E-state index contributed by atoms with van der Waals surface area (Å²) in [5.41, 5.74) is -2.05. The summed E-state index contributed by atoms with van der Waals surface area (Å²) >= 11 is 0. The molecule has 1 atom stereocenters. The van der Waals surface area contributed by atoms with Crippen molar-refractivity contribution in [2.45, 2.75) is 12.6 Å². The number of hydrogen-bond donors (Lipinski definition) is 0. The zero-order valence-corrected chi connectivity index (χ0v) is 10.9. The van der Waals surface area contributed by atoms with Crippen molar-refractivity contribution in [2.75, 3.05) is 11.5 Å². The summed E-state index contributed by atoms with van der Waals surface area (Å²) in [6, 6.07) is 1.76. The molecule has 110 valence electrons. The van der Waals surface area contributed by atoms with Crippen LogP contribution in [0, 0.1) is 11.7 Å². The number of hydrogen-bond acceptors (Lipinski definition) is 3. The molecule has 1 aliphatic rings. The lowest BCUT2D eigenvalue weighted by molar-refractivity contribution is -0.138. The van der Waals surface area contributed by atoms with Crippen molar-refractivity contribution in [1.29, 1.82) is 0 Å². The van der Waals surface area contributed by atoms with Crippen LogP contribution in [0.2, 0.25) is 0 Å². The highest BCUT2D eigenvalue weighted by Crippen LogP contribution is 2.34. The van der Waals surface area contributed by atoms with Crippen LogP contribution in [0.15, 0.2) is 18.2 Å². The molecule has 0 bridgehead atoms. The summed E-state index contributed by atoms with van der Waals surface area (Å²) in [5.74, 6) is -3.68. The van der Waals surface area contributed by atoms with Gasteiger partial charge in [0, 0.05) is 11.5 Å². The van der Waals surface area contributed by atoms with Gasteiger partial charge in [-0.2, -0.15) is 13.2 Å². The van der Waals surface area contributed by atoms with Gasteiger partial charge >= 0.3 is 6.18 Å². The second-order valence-electron chi connectivity index (χ2n) is 4.65. The molecule has 1 saturated heterocycles. The summed E-state index contributed by atoms with van der Waals surface area (Å²) < 4.78 is 73.9. The lowest BCUT2D eigenvalue weighted by Gasteiger charge is -2.14. The fourth-order valence-electron chi connectivity index (χ4n) is 2.19. The highest BCUT2D eigenvalue weighted by molar-refractivity contribution is 7.91. The van der Waals surface area contributed by atoms with Gasteiger partial charge in [-0.25, -0.2) is 12.8 Å². The molecule has 8 heteroatoms. The minimum Gasteiger partial charge on any atom is -0.294 e. The predicted octanol–water partition coefficient (Wildman–Crippen LogP) is 2.46. The maximum Gasteiger partial charge on any atom is 0.417 e. The van der Waals surface area contributed by atoms with Gasteiger partial charge in [-0.05, 0) is 24.6 Å². The summed E-state index contributed by atoms with van der Waals surface area (Å²) in [4.78, 5) is 12.0. The molecule has 0 N–H and O–H groups in total. The second kappa shape index (κ2) is 4.83. The average Bonchev–Trinajstić information content (AvgIpc) is 2.67. The number of rotatable bonds is 2. The van der Waals surface area contributed by atoms with Crippen LogP contribution in [0.1, 0.15) is 22.3 Å². The van der Waals surface area contributed by atoms with Gasteiger partial charge in [0.05, 0.1) is 17.1 Å². The smallest absolute Gasteiger partial charge is 0.294 e. The molecule has 2 rings (SSSR count). The van der Waals surface area contributed by atoms with Gasteiger partial charge in [-0.1, -0.05) is 0 Å². The Morgan fingerprint density at radius 1 is 1.25 bits per heavy atom. The van der Waals surface area contributed by atoms with Crippen molar-refractivity contribution in [3.05, 3.63) is 35.1 Å². The topological polar surface area (TPSA) is 51.2 Å². The Balaban J connectivity index is 2.41. The Morgan fingerprint density at radius 2 is 1.90 bits per heavy atom. The Kier molecular flexibility index (Phi) is 3.62. The Hall–Kier alpha value is -1.44. The molecule has 1 aromatic rings. The van der Waals surface area contributed by atoms with Crippen LogP contribution in [0.5, 0.6) is 0 Å². The first-order valence-corrected chi connectivity index (χ1v) is 7.54. The summed E-state index contributed by atoms with van der Waals surface area (Å²) in [6.45, 7) is 0. The van der Waals surface area contributed by atoms with Crippen LogP contribution >= 0.6 is 0 Å². The van der Waals surface area contributed by atoms with E-state index in [2.05, 4.69) is 0 Å². The van der Waals surface area contributed by atoms with Crippen molar-refractivity contribution in [1.82, 2.24) is 0 Å². The van der Waals surface area contributed by atoms with E-state index < -0.39 is 50.4 Å². The molecule has 1 aromatic carbocycles. The molecule has 0 amide bonds. The first-order chi connectivity index (χ1) is 9.10. The van der Waals surface area contributed by atoms with E-state index in [1.165, 1.54) is 0 Å². The largest absolute Gasteiger partial charge is 0.417 e. The summed E-state index contributed by atoms with van der Waals surface area (Å²) in [5, 5.41) is 0. The molecular weight excluding hydrogens is 300 g/mol. The monoisotopic (exact) mass is 310 g/mol. The number of carbonyl (C=O) groups excluding carboxylic acids is 1. The number of alkyl halides is 3. The third-order valence-electron chi connectivity index (χ3n) is 3.16. The average molecular weight is 310 g/mol. The zero-order valence-electron chi connectivity index (χ0n) is 10.1. The molecule has 0 aromatic heterocycles. The number of carbonyl (C=O) groups is 1. The maximum atomic E-state index is 12.9. The van der Waals surface area contributed by atoms with E-state index in [1.54, 1.807) is 0 Å². The van der Waals surface area contributed by atoms with E-state index in [-0.39, 0.29) is 18.2 Å². The Bertz CT molecular complexity index is 649. The van der Waals surface area contributed by atoms with Crippen molar-refractivity contribution in [2.24, 2.45) is 5.92 Å². The van der Waals surface area contributed by atoms with E-state index in [4.69, 9.17) is 0 Å². The van der Waals surface area contributed by atoms with Crippen molar-refractivity contribution >= 4 is 15.6 Å². The van der Waals surface area contributed by atoms with Gasteiger partial charge < -0.3 is 0 Å². The van der Waals surface area contributed by atoms with Crippen LogP contribution in [0.4, 0.5) is 17.6 Å². The van der Waals surface area contributed by atoms with Crippen LogP contribution in [-0.2, 0) is 16.0 Å². The molecular formula is C12H10F4O3S. The van der Waals surface area contributed by atoms with Crippen LogP contribution in [0.3, 0.4) is 0 Å². The lowest BCUT2D eigenvalue weighted by Crippen LogP contribution is -2.21. The van der Waals surface area contributed by atoms with Crippen molar-refractivity contribution < 1.29 is 30.8 Å². The SMILES string of the molecule is O=C(c1ccc(F)cc1C(F)(F)F)C1CCS(=O)(=O)C1. The Morgan fingerprint density at radius 3 is 2.40 bits per heavy atom. The van der Waals surface area contributed by atoms with Gasteiger partial charge in [0.1, 0.15) is 5.82 Å². The molecule has 1 aliphatic heterocycles. The van der Waals surface area contributed by atoms with Crippen molar-refractivity contribution in [3.63, 3.8) is 0 Å². The molecule has 0 saturated carbocycles.